The van der Waals surface area contributed by atoms with Gasteiger partial charge in [0.2, 0.25) is 0 Å². The summed E-state index contributed by atoms with van der Waals surface area (Å²) in [6.45, 7) is 11.2. The molecule has 0 rings (SSSR count). The van der Waals surface area contributed by atoms with Crippen LogP contribution >= 0.6 is 0 Å². The van der Waals surface area contributed by atoms with Gasteiger partial charge < -0.3 is 5.11 Å². The van der Waals surface area contributed by atoms with Gasteiger partial charge >= 0.3 is 0 Å². The molecule has 0 bridgehead atoms. The second kappa shape index (κ2) is 9.02. The molecule has 0 atom stereocenters. The molecule has 0 radical (unpaired) electrons. The Morgan fingerprint density at radius 3 is 2.00 bits per heavy atom. The molecule has 0 aliphatic carbocycles. The first-order valence-corrected chi connectivity index (χ1v) is 3.85. The van der Waals surface area contributed by atoms with Crippen LogP contribution in [0.2, 0.25) is 0 Å². The highest BCUT2D eigenvalue weighted by molar-refractivity contribution is 5.20. The molecule has 0 aliphatic heterocycles. The maximum atomic E-state index is 8.59. The molecular weight excluding hydrogens is 136 g/mol. The minimum atomic E-state index is 0.0937. The van der Waals surface area contributed by atoms with Crippen molar-refractivity contribution in [2.75, 3.05) is 0 Å². The summed E-state index contributed by atoms with van der Waals surface area (Å²) in [5, 5.41) is 8.59. The minimum absolute atomic E-state index is 0.0937. The van der Waals surface area contributed by atoms with Crippen molar-refractivity contribution in [3.8, 4) is 0 Å². The SMILES string of the molecule is C=C(O)/C=C\C(C)=C/C.CC. The van der Waals surface area contributed by atoms with Gasteiger partial charge in [-0.05, 0) is 19.9 Å². The van der Waals surface area contributed by atoms with Gasteiger partial charge in [-0.25, -0.2) is 0 Å². The van der Waals surface area contributed by atoms with E-state index in [0.717, 1.165) is 5.57 Å². The number of allylic oxidation sites excluding steroid dienone is 4. The molecule has 0 aromatic carbocycles. The van der Waals surface area contributed by atoms with Crippen LogP contribution < -0.4 is 0 Å². The van der Waals surface area contributed by atoms with Crippen LogP contribution in [0.15, 0.2) is 36.1 Å². The summed E-state index contributed by atoms with van der Waals surface area (Å²) in [6.07, 6.45) is 5.33. The predicted octanol–water partition coefficient (Wildman–Crippen LogP) is 3.61. The molecule has 0 saturated carbocycles. The fraction of sp³-hybridized carbons (Fsp3) is 0.400. The van der Waals surface area contributed by atoms with E-state index in [2.05, 4.69) is 6.58 Å². The first-order valence-electron chi connectivity index (χ1n) is 3.85. The van der Waals surface area contributed by atoms with Gasteiger partial charge in [-0.3, -0.25) is 0 Å². The van der Waals surface area contributed by atoms with Crippen molar-refractivity contribution >= 4 is 0 Å². The van der Waals surface area contributed by atoms with Gasteiger partial charge in [0.15, 0.2) is 0 Å². The van der Waals surface area contributed by atoms with Crippen LogP contribution in [0.5, 0.6) is 0 Å². The van der Waals surface area contributed by atoms with Crippen LogP contribution in [-0.4, -0.2) is 5.11 Å². The third kappa shape index (κ3) is 12.3. The summed E-state index contributed by atoms with van der Waals surface area (Å²) in [4.78, 5) is 0. The summed E-state index contributed by atoms with van der Waals surface area (Å²) >= 11 is 0. The van der Waals surface area contributed by atoms with Crippen molar-refractivity contribution in [2.45, 2.75) is 27.7 Å². The fourth-order valence-electron chi connectivity index (χ4n) is 0.324. The zero-order chi connectivity index (χ0) is 9.28. The quantitative estimate of drug-likeness (QED) is 0.476. The highest BCUT2D eigenvalue weighted by Crippen LogP contribution is 1.95. The topological polar surface area (TPSA) is 20.2 Å². The van der Waals surface area contributed by atoms with Crippen molar-refractivity contribution < 1.29 is 5.11 Å². The number of hydrogen-bond donors (Lipinski definition) is 1. The van der Waals surface area contributed by atoms with Crippen LogP contribution in [0.25, 0.3) is 0 Å². The highest BCUT2D eigenvalue weighted by atomic mass is 16.3. The number of aliphatic hydroxyl groups excluding tert-OH is 1. The van der Waals surface area contributed by atoms with E-state index >= 15 is 0 Å². The van der Waals surface area contributed by atoms with Crippen molar-refractivity contribution in [1.29, 1.82) is 0 Å². The van der Waals surface area contributed by atoms with E-state index in [1.807, 2.05) is 39.8 Å². The van der Waals surface area contributed by atoms with Crippen molar-refractivity contribution in [2.24, 2.45) is 0 Å². The van der Waals surface area contributed by atoms with Crippen LogP contribution in [0, 0.1) is 0 Å². The molecule has 0 unspecified atom stereocenters. The van der Waals surface area contributed by atoms with Gasteiger partial charge in [0.25, 0.3) is 0 Å². The normalized spacial score (nSPS) is 10.7. The lowest BCUT2D eigenvalue weighted by Crippen LogP contribution is -1.69. The van der Waals surface area contributed by atoms with Crippen molar-refractivity contribution in [3.63, 3.8) is 0 Å². The molecule has 0 spiro atoms. The Morgan fingerprint density at radius 2 is 1.73 bits per heavy atom. The Labute approximate surface area is 69.8 Å². The Balaban J connectivity index is 0. The molecular formula is C10H18O. The molecule has 0 fully saturated rings. The smallest absolute Gasteiger partial charge is 0.108 e. The maximum Gasteiger partial charge on any atom is 0.108 e. The summed E-state index contributed by atoms with van der Waals surface area (Å²) in [7, 11) is 0. The Hall–Kier alpha value is -0.980. The first kappa shape index (κ1) is 12.7. The fourth-order valence-corrected chi connectivity index (χ4v) is 0.324. The summed E-state index contributed by atoms with van der Waals surface area (Å²) in [5.41, 5.74) is 1.12. The standard InChI is InChI=1S/C8H12O.C2H6/c1-4-7(2)5-6-8(3)9;1-2/h4-6,9H,3H2,1-2H3;1-2H3/b6-5-,7-4-;. The van der Waals surface area contributed by atoms with E-state index in [-0.39, 0.29) is 5.76 Å². The van der Waals surface area contributed by atoms with Gasteiger partial charge in [-0.15, -0.1) is 0 Å². The zero-order valence-corrected chi connectivity index (χ0v) is 7.89. The molecule has 0 amide bonds. The summed E-state index contributed by atoms with van der Waals surface area (Å²) in [5.74, 6) is 0.0937. The average molecular weight is 154 g/mol. The molecule has 11 heavy (non-hydrogen) atoms. The lowest BCUT2D eigenvalue weighted by molar-refractivity contribution is 0.435. The molecule has 1 heteroatoms. The van der Waals surface area contributed by atoms with E-state index in [9.17, 15) is 0 Å². The van der Waals surface area contributed by atoms with Crippen molar-refractivity contribution in [1.82, 2.24) is 0 Å². The zero-order valence-electron chi connectivity index (χ0n) is 7.89. The highest BCUT2D eigenvalue weighted by Gasteiger charge is 1.77. The maximum absolute atomic E-state index is 8.59. The van der Waals surface area contributed by atoms with Gasteiger partial charge in [0.1, 0.15) is 5.76 Å². The van der Waals surface area contributed by atoms with Gasteiger partial charge in [-0.1, -0.05) is 38.2 Å². The van der Waals surface area contributed by atoms with E-state index in [4.69, 9.17) is 5.11 Å². The molecule has 0 saturated heterocycles. The first-order chi connectivity index (χ1) is 5.16. The van der Waals surface area contributed by atoms with E-state index in [1.165, 1.54) is 0 Å². The molecule has 0 aromatic rings. The number of rotatable bonds is 2. The molecule has 1 nitrogen and oxygen atoms in total. The Morgan fingerprint density at radius 1 is 1.27 bits per heavy atom. The third-order valence-corrected chi connectivity index (χ3v) is 0.994. The lowest BCUT2D eigenvalue weighted by atomic mass is 10.2. The van der Waals surface area contributed by atoms with E-state index < -0.39 is 0 Å². The molecule has 0 aromatic heterocycles. The third-order valence-electron chi connectivity index (χ3n) is 0.994. The minimum Gasteiger partial charge on any atom is -0.509 e. The van der Waals surface area contributed by atoms with Gasteiger partial charge in [0, 0.05) is 0 Å². The van der Waals surface area contributed by atoms with Gasteiger partial charge in [-0.2, -0.15) is 0 Å². The van der Waals surface area contributed by atoms with E-state index in [0.29, 0.717) is 0 Å². The molecule has 0 aliphatic rings. The molecule has 0 heterocycles. The van der Waals surface area contributed by atoms with E-state index in [1.54, 1.807) is 6.08 Å². The van der Waals surface area contributed by atoms with Crippen LogP contribution in [0.1, 0.15) is 27.7 Å². The largest absolute Gasteiger partial charge is 0.509 e. The number of aliphatic hydroxyl groups is 1. The summed E-state index contributed by atoms with van der Waals surface area (Å²) in [6, 6.07) is 0. The molecule has 1 N–H and O–H groups in total. The second-order valence-electron chi connectivity index (χ2n) is 1.86. The lowest BCUT2D eigenvalue weighted by Gasteiger charge is -1.86. The van der Waals surface area contributed by atoms with Crippen LogP contribution in [0.3, 0.4) is 0 Å². The Bertz CT molecular complexity index is 152. The van der Waals surface area contributed by atoms with Crippen LogP contribution in [-0.2, 0) is 0 Å². The van der Waals surface area contributed by atoms with Crippen molar-refractivity contribution in [3.05, 3.63) is 36.1 Å². The summed E-state index contributed by atoms with van der Waals surface area (Å²) < 4.78 is 0. The molecule has 64 valence electrons. The average Bonchev–Trinajstić information content (AvgIpc) is 2.04. The number of hydrogen-bond acceptors (Lipinski definition) is 1. The second-order valence-corrected chi connectivity index (χ2v) is 1.86. The predicted molar refractivity (Wildman–Crippen MR) is 51.7 cm³/mol. The monoisotopic (exact) mass is 154 g/mol. The van der Waals surface area contributed by atoms with Crippen LogP contribution in [0.4, 0.5) is 0 Å². The Kier molecular flexibility index (Phi) is 10.4. The van der Waals surface area contributed by atoms with Gasteiger partial charge in [0.05, 0.1) is 0 Å².